The Morgan fingerprint density at radius 2 is 1.63 bits per heavy atom. The first-order valence-corrected chi connectivity index (χ1v) is 10.5. The van der Waals surface area contributed by atoms with E-state index >= 15 is 0 Å². The van der Waals surface area contributed by atoms with Crippen LogP contribution in [0.4, 0.5) is 0 Å². The molecular formula is C18H28N4O4S. The smallest absolute Gasteiger partial charge is 0.243 e. The molecule has 9 heteroatoms. The van der Waals surface area contributed by atoms with E-state index in [0.29, 0.717) is 37.0 Å². The number of sulfonamides is 1. The van der Waals surface area contributed by atoms with Gasteiger partial charge in [-0.1, -0.05) is 26.0 Å². The van der Waals surface area contributed by atoms with E-state index in [9.17, 15) is 18.0 Å². The van der Waals surface area contributed by atoms with Gasteiger partial charge in [-0.25, -0.2) is 8.42 Å². The average molecular weight is 397 g/mol. The van der Waals surface area contributed by atoms with E-state index in [1.807, 2.05) is 17.0 Å². The van der Waals surface area contributed by atoms with Gasteiger partial charge in [0, 0.05) is 33.2 Å². The lowest BCUT2D eigenvalue weighted by molar-refractivity contribution is -0.126. The molecule has 1 aliphatic rings. The maximum absolute atomic E-state index is 12.8. The van der Waals surface area contributed by atoms with Crippen molar-refractivity contribution in [2.75, 3.05) is 46.3 Å². The monoisotopic (exact) mass is 396 g/mol. The number of carbonyl (C=O) groups excluding carboxylic acids is 2. The van der Waals surface area contributed by atoms with E-state index in [4.69, 9.17) is 0 Å². The van der Waals surface area contributed by atoms with Crippen molar-refractivity contribution < 1.29 is 18.0 Å². The second kappa shape index (κ2) is 9.29. The summed E-state index contributed by atoms with van der Waals surface area (Å²) in [6.07, 6.45) is 0. The minimum Gasteiger partial charge on any atom is -0.358 e. The number of nitrogens with zero attached hydrogens (tertiary/aromatic N) is 2. The van der Waals surface area contributed by atoms with Crippen LogP contribution in [0, 0.1) is 0 Å². The molecule has 1 aromatic carbocycles. The fourth-order valence-electron chi connectivity index (χ4n) is 2.83. The van der Waals surface area contributed by atoms with E-state index in [-0.39, 0.29) is 24.9 Å². The molecule has 1 saturated heterocycles. The SMILES string of the molecule is CNC(=O)CNC(=O)CN1CCN(S(=O)(=O)c2ccc(C(C)C)cc2)CC1. The van der Waals surface area contributed by atoms with E-state index < -0.39 is 10.0 Å². The Kier molecular flexibility index (Phi) is 7.34. The van der Waals surface area contributed by atoms with Crippen LogP contribution in [-0.2, 0) is 19.6 Å². The van der Waals surface area contributed by atoms with Crippen LogP contribution in [0.15, 0.2) is 29.2 Å². The zero-order valence-electron chi connectivity index (χ0n) is 16.1. The summed E-state index contributed by atoms with van der Waals surface area (Å²) in [6.45, 7) is 5.81. The van der Waals surface area contributed by atoms with Gasteiger partial charge in [-0.2, -0.15) is 4.31 Å². The molecule has 0 aliphatic carbocycles. The highest BCUT2D eigenvalue weighted by atomic mass is 32.2. The molecule has 1 fully saturated rings. The normalized spacial score (nSPS) is 16.3. The third kappa shape index (κ3) is 5.75. The molecule has 27 heavy (non-hydrogen) atoms. The number of piperazine rings is 1. The Hall–Kier alpha value is -1.97. The molecule has 0 aromatic heterocycles. The molecule has 2 N–H and O–H groups in total. The molecule has 0 spiro atoms. The van der Waals surface area contributed by atoms with Crippen molar-refractivity contribution in [3.63, 3.8) is 0 Å². The van der Waals surface area contributed by atoms with E-state index in [0.717, 1.165) is 5.56 Å². The molecule has 2 rings (SSSR count). The zero-order valence-corrected chi connectivity index (χ0v) is 16.9. The summed E-state index contributed by atoms with van der Waals surface area (Å²) in [5, 5.41) is 4.97. The third-order valence-corrected chi connectivity index (χ3v) is 6.52. The zero-order chi connectivity index (χ0) is 20.0. The Bertz CT molecular complexity index is 754. The topological polar surface area (TPSA) is 98.8 Å². The molecule has 150 valence electrons. The summed E-state index contributed by atoms with van der Waals surface area (Å²) in [5.41, 5.74) is 1.10. The van der Waals surface area contributed by atoms with Crippen LogP contribution in [0.1, 0.15) is 25.3 Å². The molecule has 0 unspecified atom stereocenters. The van der Waals surface area contributed by atoms with Crippen LogP contribution < -0.4 is 10.6 Å². The van der Waals surface area contributed by atoms with Gasteiger partial charge in [0.05, 0.1) is 18.0 Å². The van der Waals surface area contributed by atoms with Crippen molar-refractivity contribution in [1.82, 2.24) is 19.8 Å². The van der Waals surface area contributed by atoms with Gasteiger partial charge in [-0.3, -0.25) is 14.5 Å². The van der Waals surface area contributed by atoms with E-state index in [2.05, 4.69) is 24.5 Å². The predicted octanol–water partition coefficient (Wildman–Crippen LogP) is -0.0215. The van der Waals surface area contributed by atoms with E-state index in [1.165, 1.54) is 11.4 Å². The summed E-state index contributed by atoms with van der Waals surface area (Å²) in [7, 11) is -2.02. The van der Waals surface area contributed by atoms with Gasteiger partial charge in [0.1, 0.15) is 0 Å². The van der Waals surface area contributed by atoms with Gasteiger partial charge >= 0.3 is 0 Å². The summed E-state index contributed by atoms with van der Waals surface area (Å²) in [4.78, 5) is 25.2. The number of hydrogen-bond donors (Lipinski definition) is 2. The van der Waals surface area contributed by atoms with Crippen LogP contribution in [0.2, 0.25) is 0 Å². The summed E-state index contributed by atoms with van der Waals surface area (Å²) in [5.74, 6) is -0.165. The van der Waals surface area contributed by atoms with Gasteiger partial charge in [-0.15, -0.1) is 0 Å². The Labute approximate surface area is 161 Å². The first-order chi connectivity index (χ1) is 12.7. The molecule has 2 amide bonds. The number of nitrogens with one attached hydrogen (secondary N) is 2. The summed E-state index contributed by atoms with van der Waals surface area (Å²) >= 11 is 0. The largest absolute Gasteiger partial charge is 0.358 e. The van der Waals surface area contributed by atoms with Crippen molar-refractivity contribution in [3.05, 3.63) is 29.8 Å². The van der Waals surface area contributed by atoms with Gasteiger partial charge in [0.15, 0.2) is 0 Å². The van der Waals surface area contributed by atoms with Crippen LogP contribution in [0.25, 0.3) is 0 Å². The van der Waals surface area contributed by atoms with E-state index in [1.54, 1.807) is 12.1 Å². The number of carbonyl (C=O) groups is 2. The molecule has 8 nitrogen and oxygen atoms in total. The van der Waals surface area contributed by atoms with Crippen LogP contribution in [0.5, 0.6) is 0 Å². The molecule has 0 radical (unpaired) electrons. The second-order valence-corrected chi connectivity index (χ2v) is 8.79. The quantitative estimate of drug-likeness (QED) is 0.675. The van der Waals surface area contributed by atoms with Crippen molar-refractivity contribution in [2.45, 2.75) is 24.7 Å². The fourth-order valence-corrected chi connectivity index (χ4v) is 4.25. The molecule has 1 heterocycles. The number of benzene rings is 1. The van der Waals surface area contributed by atoms with Crippen molar-refractivity contribution in [2.24, 2.45) is 0 Å². The third-order valence-electron chi connectivity index (χ3n) is 4.61. The fraction of sp³-hybridized carbons (Fsp3) is 0.556. The lowest BCUT2D eigenvalue weighted by atomic mass is 10.0. The maximum atomic E-state index is 12.8. The standard InChI is InChI=1S/C18H28N4O4S/c1-14(2)15-4-6-16(7-5-15)27(25,26)22-10-8-21(9-11-22)13-18(24)20-12-17(23)19-3/h4-7,14H,8-13H2,1-3H3,(H,19,23)(H,20,24). The first kappa shape index (κ1) is 21.3. The van der Waals surface area contributed by atoms with Crippen LogP contribution >= 0.6 is 0 Å². The van der Waals surface area contributed by atoms with Crippen molar-refractivity contribution in [3.8, 4) is 0 Å². The minimum atomic E-state index is -3.53. The van der Waals surface area contributed by atoms with Gasteiger partial charge < -0.3 is 10.6 Å². The number of hydrogen-bond acceptors (Lipinski definition) is 5. The maximum Gasteiger partial charge on any atom is 0.243 e. The average Bonchev–Trinajstić information content (AvgIpc) is 2.66. The lowest BCUT2D eigenvalue weighted by Crippen LogP contribution is -2.51. The van der Waals surface area contributed by atoms with Gasteiger partial charge in [-0.05, 0) is 23.6 Å². The van der Waals surface area contributed by atoms with Crippen molar-refractivity contribution in [1.29, 1.82) is 0 Å². The number of amides is 2. The van der Waals surface area contributed by atoms with Crippen LogP contribution in [0.3, 0.4) is 0 Å². The second-order valence-electron chi connectivity index (χ2n) is 6.85. The number of rotatable bonds is 7. The molecule has 0 saturated carbocycles. The van der Waals surface area contributed by atoms with Gasteiger partial charge in [0.2, 0.25) is 21.8 Å². The molecular weight excluding hydrogens is 368 g/mol. The number of likely N-dealkylation sites (N-methyl/N-ethyl adjacent to an activating group) is 1. The Morgan fingerprint density at radius 3 is 2.15 bits per heavy atom. The Balaban J connectivity index is 1.88. The highest BCUT2D eigenvalue weighted by Gasteiger charge is 2.29. The molecule has 1 aliphatic heterocycles. The molecule has 0 atom stereocenters. The summed E-state index contributed by atoms with van der Waals surface area (Å²) < 4.78 is 27.0. The highest BCUT2D eigenvalue weighted by molar-refractivity contribution is 7.89. The predicted molar refractivity (Wildman–Crippen MR) is 103 cm³/mol. The minimum absolute atomic E-state index is 0.0595. The molecule has 0 bridgehead atoms. The van der Waals surface area contributed by atoms with Gasteiger partial charge in [0.25, 0.3) is 0 Å². The summed E-state index contributed by atoms with van der Waals surface area (Å²) in [6, 6.07) is 7.02. The highest BCUT2D eigenvalue weighted by Crippen LogP contribution is 2.21. The van der Waals surface area contributed by atoms with Crippen LogP contribution in [-0.4, -0.2) is 75.8 Å². The van der Waals surface area contributed by atoms with Crippen molar-refractivity contribution >= 4 is 21.8 Å². The lowest BCUT2D eigenvalue weighted by Gasteiger charge is -2.33. The Morgan fingerprint density at radius 1 is 1.04 bits per heavy atom. The molecule has 1 aromatic rings. The first-order valence-electron chi connectivity index (χ1n) is 9.03.